The molecule has 2 aromatic rings. The first-order valence-electron chi connectivity index (χ1n) is 6.67. The highest BCUT2D eigenvalue weighted by atomic mass is 32.1. The van der Waals surface area contributed by atoms with E-state index < -0.39 is 10.8 Å². The molecule has 0 saturated carbocycles. The van der Waals surface area contributed by atoms with Gasteiger partial charge in [0.2, 0.25) is 16.8 Å². The number of H-pyrrole nitrogens is 1. The topological polar surface area (TPSA) is 104 Å². The molecule has 0 fully saturated rings. The number of nitrogens with zero attached hydrogens (tertiary/aromatic N) is 2. The largest absolute Gasteiger partial charge is 0.494 e. The number of aromatic nitrogens is 1. The Balaban J connectivity index is 1.96. The van der Waals surface area contributed by atoms with Crippen LogP contribution in [0.5, 0.6) is 11.6 Å². The van der Waals surface area contributed by atoms with E-state index in [-0.39, 0.29) is 16.5 Å². The van der Waals surface area contributed by atoms with Gasteiger partial charge in [-0.2, -0.15) is 0 Å². The SMILES string of the molecule is CCOc1ccc([N+]2=NOC(=O)/C2=C\c2sc(=O)[nH]c2O)cc1. The summed E-state index contributed by atoms with van der Waals surface area (Å²) >= 11 is 0.776. The predicted molar refractivity (Wildman–Crippen MR) is 80.6 cm³/mol. The number of benzene rings is 1. The second kappa shape index (κ2) is 6.05. The molecule has 1 aromatic carbocycles. The van der Waals surface area contributed by atoms with Gasteiger partial charge >= 0.3 is 16.5 Å². The zero-order valence-corrected chi connectivity index (χ0v) is 12.8. The Bertz CT molecular complexity index is 863. The number of thiazole rings is 1. The van der Waals surface area contributed by atoms with Gasteiger partial charge in [0.1, 0.15) is 5.75 Å². The van der Waals surface area contributed by atoms with E-state index in [1.54, 1.807) is 24.3 Å². The summed E-state index contributed by atoms with van der Waals surface area (Å²) in [7, 11) is 0. The van der Waals surface area contributed by atoms with Gasteiger partial charge in [0.15, 0.2) is 0 Å². The van der Waals surface area contributed by atoms with E-state index >= 15 is 0 Å². The molecule has 0 aliphatic carbocycles. The quantitative estimate of drug-likeness (QED) is 0.658. The number of aromatic amines is 1. The second-order valence-corrected chi connectivity index (χ2v) is 5.47. The molecule has 0 amide bonds. The molecule has 0 radical (unpaired) electrons. The van der Waals surface area contributed by atoms with Gasteiger partial charge in [0.25, 0.3) is 0 Å². The van der Waals surface area contributed by atoms with Crippen molar-refractivity contribution < 1.29 is 24.2 Å². The number of carbonyl (C=O) groups is 1. The molecule has 2 heterocycles. The lowest BCUT2D eigenvalue weighted by Crippen LogP contribution is -2.05. The standard InChI is InChI=1S/C14H11N3O5S/c1-2-21-9-5-3-8(4-6-9)17-10(13(19)22-16-17)7-11-12(18)15-14(20)23-11/h3-7H,2H2,1H3,(H-,15,16,18,19,20)/p+1. The fourth-order valence-corrected chi connectivity index (χ4v) is 2.63. The Kier molecular flexibility index (Phi) is 3.94. The highest BCUT2D eigenvalue weighted by Gasteiger charge is 2.37. The molecule has 23 heavy (non-hydrogen) atoms. The molecule has 0 unspecified atom stereocenters. The first kappa shape index (κ1) is 15.0. The molecule has 118 valence electrons. The average Bonchev–Trinajstić information content (AvgIpc) is 3.04. The third-order valence-corrected chi connectivity index (χ3v) is 3.78. The summed E-state index contributed by atoms with van der Waals surface area (Å²) in [4.78, 5) is 29.8. The third-order valence-electron chi connectivity index (χ3n) is 2.96. The minimum atomic E-state index is -0.681. The lowest BCUT2D eigenvalue weighted by atomic mass is 10.2. The van der Waals surface area contributed by atoms with E-state index in [0.29, 0.717) is 18.0 Å². The van der Waals surface area contributed by atoms with Gasteiger partial charge in [-0.25, -0.2) is 4.79 Å². The Morgan fingerprint density at radius 2 is 2.13 bits per heavy atom. The van der Waals surface area contributed by atoms with Gasteiger partial charge < -0.3 is 9.84 Å². The zero-order valence-electron chi connectivity index (χ0n) is 12.0. The highest BCUT2D eigenvalue weighted by Crippen LogP contribution is 2.28. The van der Waals surface area contributed by atoms with E-state index in [4.69, 9.17) is 4.74 Å². The predicted octanol–water partition coefficient (Wildman–Crippen LogP) is 2.15. The summed E-state index contributed by atoms with van der Waals surface area (Å²) < 4.78 is 6.63. The van der Waals surface area contributed by atoms with E-state index in [0.717, 1.165) is 11.3 Å². The van der Waals surface area contributed by atoms with Crippen LogP contribution in [0.1, 0.15) is 11.8 Å². The Morgan fingerprint density at radius 3 is 2.74 bits per heavy atom. The van der Waals surface area contributed by atoms with Gasteiger partial charge in [0.05, 0.1) is 11.5 Å². The van der Waals surface area contributed by atoms with Crippen LogP contribution in [-0.2, 0) is 9.63 Å². The maximum Gasteiger partial charge on any atom is 0.437 e. The van der Waals surface area contributed by atoms with Gasteiger partial charge in [-0.15, -0.1) is 0 Å². The molecule has 1 aliphatic rings. The summed E-state index contributed by atoms with van der Waals surface area (Å²) in [5.74, 6) is -0.298. The molecule has 0 saturated heterocycles. The van der Waals surface area contributed by atoms with Crippen LogP contribution in [0.25, 0.3) is 6.08 Å². The Morgan fingerprint density at radius 1 is 1.39 bits per heavy atom. The molecule has 8 nitrogen and oxygen atoms in total. The number of hydrogen-bond acceptors (Lipinski definition) is 7. The van der Waals surface area contributed by atoms with Crippen LogP contribution in [0.3, 0.4) is 0 Å². The number of aromatic hydroxyl groups is 1. The van der Waals surface area contributed by atoms with Crippen LogP contribution in [0, 0.1) is 0 Å². The van der Waals surface area contributed by atoms with Crippen molar-refractivity contribution in [2.45, 2.75) is 6.92 Å². The summed E-state index contributed by atoms with van der Waals surface area (Å²) in [5, 5.41) is 13.3. The zero-order chi connectivity index (χ0) is 16.4. The number of hydrogen-bond donors (Lipinski definition) is 2. The molecule has 0 bridgehead atoms. The van der Waals surface area contributed by atoms with Crippen molar-refractivity contribution in [1.29, 1.82) is 0 Å². The molecule has 1 aromatic heterocycles. The van der Waals surface area contributed by atoms with Crippen molar-refractivity contribution in [3.63, 3.8) is 0 Å². The monoisotopic (exact) mass is 334 g/mol. The maximum absolute atomic E-state index is 11.8. The molecule has 0 atom stereocenters. The molecule has 2 N–H and O–H groups in total. The van der Waals surface area contributed by atoms with Crippen molar-refractivity contribution in [3.8, 4) is 11.6 Å². The molecule has 3 rings (SSSR count). The summed E-state index contributed by atoms with van der Waals surface area (Å²) in [6.45, 7) is 2.43. The lowest BCUT2D eigenvalue weighted by Gasteiger charge is -2.01. The van der Waals surface area contributed by atoms with Crippen LogP contribution in [0.4, 0.5) is 5.69 Å². The number of rotatable bonds is 4. The van der Waals surface area contributed by atoms with E-state index in [2.05, 4.69) is 15.1 Å². The summed E-state index contributed by atoms with van der Waals surface area (Å²) in [6.07, 6.45) is 1.34. The number of ether oxygens (including phenoxy) is 1. The van der Waals surface area contributed by atoms with E-state index in [1.165, 1.54) is 10.8 Å². The molecular formula is C14H12N3O5S+. The number of carbonyl (C=O) groups excluding carboxylic acids is 1. The van der Waals surface area contributed by atoms with Crippen molar-refractivity contribution in [2.75, 3.05) is 6.61 Å². The van der Waals surface area contributed by atoms with Crippen LogP contribution in [0.15, 0.2) is 40.0 Å². The van der Waals surface area contributed by atoms with Crippen molar-refractivity contribution >= 4 is 29.1 Å². The first-order valence-corrected chi connectivity index (χ1v) is 7.49. The second-order valence-electron chi connectivity index (χ2n) is 4.46. The third kappa shape index (κ3) is 2.99. The van der Waals surface area contributed by atoms with Crippen molar-refractivity contribution in [1.82, 2.24) is 4.98 Å². The van der Waals surface area contributed by atoms with Crippen molar-refractivity contribution in [2.24, 2.45) is 5.28 Å². The average molecular weight is 334 g/mol. The van der Waals surface area contributed by atoms with Crippen LogP contribution in [-0.4, -0.2) is 27.4 Å². The molecule has 0 spiro atoms. The fourth-order valence-electron chi connectivity index (χ4n) is 1.97. The van der Waals surface area contributed by atoms with Crippen molar-refractivity contribution in [3.05, 3.63) is 44.5 Å². The normalized spacial score (nSPS) is 15.6. The Hall–Kier alpha value is -2.94. The van der Waals surface area contributed by atoms with Gasteiger partial charge in [0, 0.05) is 18.2 Å². The van der Waals surface area contributed by atoms with Crippen LogP contribution in [0.2, 0.25) is 0 Å². The highest BCUT2D eigenvalue weighted by molar-refractivity contribution is 7.10. The fraction of sp³-hybridized carbons (Fsp3) is 0.143. The number of nitrogens with one attached hydrogen (secondary N) is 1. The minimum Gasteiger partial charge on any atom is -0.494 e. The first-order chi connectivity index (χ1) is 11.1. The summed E-state index contributed by atoms with van der Waals surface area (Å²) in [6, 6.07) is 6.90. The van der Waals surface area contributed by atoms with E-state index in [1.807, 2.05) is 6.92 Å². The minimum absolute atomic E-state index is 0.0831. The van der Waals surface area contributed by atoms with Gasteiger partial charge in [-0.1, -0.05) is 11.3 Å². The molecule has 1 aliphatic heterocycles. The molecular weight excluding hydrogens is 322 g/mol. The Labute approximate surface area is 133 Å². The smallest absolute Gasteiger partial charge is 0.437 e. The van der Waals surface area contributed by atoms with E-state index in [9.17, 15) is 14.7 Å². The summed E-state index contributed by atoms with van der Waals surface area (Å²) in [5.41, 5.74) is 0.660. The van der Waals surface area contributed by atoms with Gasteiger partial charge in [-0.05, 0) is 23.8 Å². The lowest BCUT2D eigenvalue weighted by molar-refractivity contribution is -0.462. The van der Waals surface area contributed by atoms with Crippen LogP contribution < -0.4 is 9.61 Å². The molecule has 9 heteroatoms. The van der Waals surface area contributed by atoms with Crippen LogP contribution >= 0.6 is 11.3 Å². The maximum atomic E-state index is 11.8. The van der Waals surface area contributed by atoms with Gasteiger partial charge in [-0.3, -0.25) is 14.6 Å².